The molecular weight excluding hydrogens is 600 g/mol. The molecule has 2 rings (SSSR count). The number of rotatable bonds is 20. The molecule has 2 fully saturated rings. The summed E-state index contributed by atoms with van der Waals surface area (Å²) >= 11 is 0. The number of ether oxygens (including phenoxy) is 4. The van der Waals surface area contributed by atoms with E-state index in [0.29, 0.717) is 0 Å². The number of hydrogen-bond donors (Lipinski definition) is 7. The Hall–Kier alpha value is -2.49. The van der Waals surface area contributed by atoms with Crippen molar-refractivity contribution in [3.63, 3.8) is 0 Å². The van der Waals surface area contributed by atoms with Gasteiger partial charge in [-0.3, -0.25) is 0 Å². The van der Waals surface area contributed by atoms with Crippen molar-refractivity contribution in [2.24, 2.45) is 0 Å². The number of aliphatic hydroxyl groups is 7. The highest BCUT2D eigenvalue weighted by Gasteiger charge is 2.60. The van der Waals surface area contributed by atoms with Gasteiger partial charge in [-0.15, -0.1) is 0 Å². The molecule has 2 aliphatic rings. The first-order chi connectivity index (χ1) is 22.2. The van der Waals surface area contributed by atoms with Gasteiger partial charge in [0.25, 0.3) is 0 Å². The van der Waals surface area contributed by atoms with E-state index < -0.39 is 80.6 Å². The van der Waals surface area contributed by atoms with Crippen LogP contribution in [-0.2, 0) is 23.7 Å². The second-order valence-corrected chi connectivity index (χ2v) is 11.2. The van der Waals surface area contributed by atoms with Crippen molar-refractivity contribution in [3.05, 3.63) is 72.9 Å². The minimum Gasteiger partial charge on any atom is -0.450 e. The molecule has 0 spiro atoms. The summed E-state index contributed by atoms with van der Waals surface area (Å²) in [6, 6.07) is 0. The lowest BCUT2D eigenvalue weighted by Crippen LogP contribution is -2.63. The molecule has 9 atom stereocenters. The van der Waals surface area contributed by atoms with Crippen LogP contribution in [0.1, 0.15) is 58.3 Å². The first-order valence-corrected chi connectivity index (χ1v) is 16.0. The second-order valence-electron chi connectivity index (χ2n) is 11.2. The highest BCUT2D eigenvalue weighted by atomic mass is 16.8. The van der Waals surface area contributed by atoms with Gasteiger partial charge in [0, 0.05) is 6.08 Å². The highest BCUT2D eigenvalue weighted by Crippen LogP contribution is 2.38. The molecule has 12 nitrogen and oxygen atoms in total. The molecule has 0 unspecified atom stereocenters. The molecule has 2 heterocycles. The van der Waals surface area contributed by atoms with Gasteiger partial charge in [-0.25, -0.2) is 4.79 Å². The van der Waals surface area contributed by atoms with Gasteiger partial charge in [-0.05, 0) is 12.8 Å². The van der Waals surface area contributed by atoms with Crippen LogP contribution in [0.5, 0.6) is 0 Å². The van der Waals surface area contributed by atoms with Gasteiger partial charge >= 0.3 is 5.97 Å². The monoisotopic (exact) mass is 652 g/mol. The van der Waals surface area contributed by atoms with Crippen LogP contribution < -0.4 is 0 Å². The summed E-state index contributed by atoms with van der Waals surface area (Å²) in [5.74, 6) is -3.27. The van der Waals surface area contributed by atoms with E-state index in [1.807, 2.05) is 36.5 Å². The van der Waals surface area contributed by atoms with Gasteiger partial charge in [0.15, 0.2) is 12.4 Å². The molecule has 0 bridgehead atoms. The summed E-state index contributed by atoms with van der Waals surface area (Å²) in [5, 5.41) is 70.2. The van der Waals surface area contributed by atoms with Crippen molar-refractivity contribution < 1.29 is 59.5 Å². The van der Waals surface area contributed by atoms with Crippen LogP contribution in [0.25, 0.3) is 0 Å². The zero-order valence-electron chi connectivity index (χ0n) is 26.5. The van der Waals surface area contributed by atoms with Crippen molar-refractivity contribution in [1.29, 1.82) is 0 Å². The minimum absolute atomic E-state index is 0.736. The van der Waals surface area contributed by atoms with E-state index >= 15 is 0 Å². The fourth-order valence-electron chi connectivity index (χ4n) is 4.98. The number of unbranched alkanes of at least 4 members (excludes halogenated alkanes) is 7. The predicted octanol–water partition coefficient (Wildman–Crippen LogP) is 1.63. The molecule has 260 valence electrons. The van der Waals surface area contributed by atoms with Crippen molar-refractivity contribution in [2.75, 3.05) is 19.8 Å². The third kappa shape index (κ3) is 12.6. The largest absolute Gasteiger partial charge is 0.450 e. The summed E-state index contributed by atoms with van der Waals surface area (Å²) in [6.07, 6.45) is 18.2. The van der Waals surface area contributed by atoms with Gasteiger partial charge in [-0.2, -0.15) is 0 Å². The average molecular weight is 653 g/mol. The summed E-state index contributed by atoms with van der Waals surface area (Å²) in [6.45, 7) is -0.275. The van der Waals surface area contributed by atoms with E-state index in [4.69, 9.17) is 18.9 Å². The molecule has 0 saturated carbocycles. The SMILES string of the molecule is CCCCCCCCC/C=C/C=C/C=C/C=C/C=C/C=C/C(=O)O[C@H]1[C@H](O)[C@@H](CO)O[C@@]1(CO)O[C@H]1O[C@H](CO)[C@@H](O)[C@H](O)[C@H]1O. The number of esters is 1. The molecule has 2 aliphatic heterocycles. The Morgan fingerprint density at radius 3 is 1.85 bits per heavy atom. The Morgan fingerprint density at radius 1 is 0.696 bits per heavy atom. The second kappa shape index (κ2) is 22.1. The van der Waals surface area contributed by atoms with E-state index in [9.17, 15) is 40.5 Å². The molecule has 2 saturated heterocycles. The maximum absolute atomic E-state index is 12.5. The van der Waals surface area contributed by atoms with Crippen LogP contribution in [0.4, 0.5) is 0 Å². The first kappa shape index (κ1) is 39.7. The van der Waals surface area contributed by atoms with Crippen molar-refractivity contribution in [2.45, 2.75) is 113 Å². The maximum atomic E-state index is 12.5. The Bertz CT molecular complexity index is 1040. The summed E-state index contributed by atoms with van der Waals surface area (Å²) < 4.78 is 21.7. The van der Waals surface area contributed by atoms with Gasteiger partial charge in [0.2, 0.25) is 5.79 Å². The summed E-state index contributed by atoms with van der Waals surface area (Å²) in [5.41, 5.74) is 0. The highest BCUT2D eigenvalue weighted by molar-refractivity contribution is 5.82. The first-order valence-electron chi connectivity index (χ1n) is 16.0. The fourth-order valence-corrected chi connectivity index (χ4v) is 4.98. The summed E-state index contributed by atoms with van der Waals surface area (Å²) in [4.78, 5) is 12.5. The van der Waals surface area contributed by atoms with Crippen LogP contribution in [0.3, 0.4) is 0 Å². The normalized spacial score (nSPS) is 32.4. The molecule has 0 aromatic rings. The van der Waals surface area contributed by atoms with Crippen LogP contribution >= 0.6 is 0 Å². The van der Waals surface area contributed by atoms with E-state index in [1.54, 1.807) is 18.2 Å². The van der Waals surface area contributed by atoms with Gasteiger partial charge < -0.3 is 54.7 Å². The lowest BCUT2D eigenvalue weighted by Gasteiger charge is -2.43. The van der Waals surface area contributed by atoms with Crippen molar-refractivity contribution >= 4 is 5.97 Å². The van der Waals surface area contributed by atoms with E-state index in [2.05, 4.69) is 13.0 Å². The molecule has 0 amide bonds. The minimum atomic E-state index is -2.33. The number of carbonyl (C=O) groups is 1. The molecule has 0 radical (unpaired) electrons. The topological polar surface area (TPSA) is 196 Å². The Kier molecular flexibility index (Phi) is 19.1. The lowest BCUT2D eigenvalue weighted by atomic mass is 9.99. The van der Waals surface area contributed by atoms with Crippen molar-refractivity contribution in [1.82, 2.24) is 0 Å². The molecule has 12 heteroatoms. The zero-order chi connectivity index (χ0) is 33.8. The average Bonchev–Trinajstić information content (AvgIpc) is 3.32. The molecule has 0 aliphatic carbocycles. The standard InChI is InChI=1S/C34H52O12/c1-2-3-4-5-6-7-8-9-10-11-12-13-14-15-16-17-18-19-20-21-27(38)44-32-29(40)26(23-36)45-34(32,24-37)46-33-31(42)30(41)28(39)25(22-35)43-33/h10-21,25-26,28-33,35-37,39-42H,2-9,22-24H2,1H3/b11-10+,13-12+,15-14+,17-16+,19-18+,21-20+/t25-,26-,28-,29-,30+,31-,32+,33-,34+/m1/s1. The van der Waals surface area contributed by atoms with E-state index in [1.165, 1.54) is 51.0 Å². The lowest BCUT2D eigenvalue weighted by molar-refractivity contribution is -0.383. The third-order valence-electron chi connectivity index (χ3n) is 7.63. The molecule has 7 N–H and O–H groups in total. The molecule has 46 heavy (non-hydrogen) atoms. The molecular formula is C34H52O12. The fraction of sp³-hybridized carbons (Fsp3) is 0.618. The maximum Gasteiger partial charge on any atom is 0.331 e. The predicted molar refractivity (Wildman–Crippen MR) is 170 cm³/mol. The Morgan fingerprint density at radius 2 is 1.26 bits per heavy atom. The summed E-state index contributed by atoms with van der Waals surface area (Å²) in [7, 11) is 0. The van der Waals surface area contributed by atoms with Gasteiger partial charge in [0.1, 0.15) is 43.2 Å². The zero-order valence-corrected chi connectivity index (χ0v) is 26.5. The molecule has 0 aromatic heterocycles. The van der Waals surface area contributed by atoms with Crippen LogP contribution in [0.15, 0.2) is 72.9 Å². The quantitative estimate of drug-likeness (QED) is 0.0435. The van der Waals surface area contributed by atoms with E-state index in [-0.39, 0.29) is 0 Å². The Balaban J connectivity index is 1.84. The van der Waals surface area contributed by atoms with Crippen molar-refractivity contribution in [3.8, 4) is 0 Å². The van der Waals surface area contributed by atoms with Crippen LogP contribution in [0, 0.1) is 0 Å². The Labute approximate surface area is 271 Å². The third-order valence-corrected chi connectivity index (χ3v) is 7.63. The van der Waals surface area contributed by atoms with E-state index in [0.717, 1.165) is 12.5 Å². The number of carbonyl (C=O) groups excluding carboxylic acids is 1. The van der Waals surface area contributed by atoms with Gasteiger partial charge in [-0.1, -0.05) is 112 Å². The number of aliphatic hydroxyl groups excluding tert-OH is 7. The number of hydrogen-bond acceptors (Lipinski definition) is 12. The smallest absolute Gasteiger partial charge is 0.331 e. The molecule has 0 aromatic carbocycles. The van der Waals surface area contributed by atoms with Crippen LogP contribution in [-0.4, -0.2) is 116 Å². The number of allylic oxidation sites excluding steroid dienone is 11. The van der Waals surface area contributed by atoms with Gasteiger partial charge in [0.05, 0.1) is 13.2 Å². The van der Waals surface area contributed by atoms with Crippen LogP contribution in [0.2, 0.25) is 0 Å².